The zero-order valence-electron chi connectivity index (χ0n) is 10.2. The van der Waals surface area contributed by atoms with Gasteiger partial charge in [-0.2, -0.15) is 10.1 Å². The minimum atomic E-state index is -0.519. The van der Waals surface area contributed by atoms with Gasteiger partial charge in [-0.3, -0.25) is 9.89 Å². The second-order valence-electron chi connectivity index (χ2n) is 3.64. The molecule has 0 bridgehead atoms. The SMILES string of the molecule is Nc1n[nH]c(C(=O)N/N=C/C=C(\Br)c2ccccc2)n1. The molecular weight excluding hydrogens is 324 g/mol. The summed E-state index contributed by atoms with van der Waals surface area (Å²) in [5.74, 6) is -0.508. The fraction of sp³-hybridized carbons (Fsp3) is 0. The van der Waals surface area contributed by atoms with Crippen LogP contribution in [0.15, 0.2) is 41.5 Å². The summed E-state index contributed by atoms with van der Waals surface area (Å²) in [6, 6.07) is 9.69. The maximum absolute atomic E-state index is 11.5. The third kappa shape index (κ3) is 3.75. The molecule has 8 heteroatoms. The van der Waals surface area contributed by atoms with Gasteiger partial charge < -0.3 is 5.73 Å². The molecule has 2 aromatic rings. The first-order valence-electron chi connectivity index (χ1n) is 5.59. The van der Waals surface area contributed by atoms with Gasteiger partial charge in [0.1, 0.15) is 0 Å². The van der Waals surface area contributed by atoms with Gasteiger partial charge in [0.15, 0.2) is 0 Å². The van der Waals surface area contributed by atoms with Crippen molar-refractivity contribution in [2.24, 2.45) is 5.10 Å². The zero-order valence-corrected chi connectivity index (χ0v) is 11.8. The zero-order chi connectivity index (χ0) is 14.4. The summed E-state index contributed by atoms with van der Waals surface area (Å²) in [4.78, 5) is 15.2. The molecule has 20 heavy (non-hydrogen) atoms. The topological polar surface area (TPSA) is 109 Å². The summed E-state index contributed by atoms with van der Waals surface area (Å²) in [6.45, 7) is 0. The van der Waals surface area contributed by atoms with E-state index in [1.165, 1.54) is 6.21 Å². The van der Waals surface area contributed by atoms with Gasteiger partial charge in [-0.05, 0) is 11.6 Å². The van der Waals surface area contributed by atoms with Gasteiger partial charge in [0, 0.05) is 10.7 Å². The molecule has 0 atom stereocenters. The van der Waals surface area contributed by atoms with Crippen molar-refractivity contribution < 1.29 is 4.79 Å². The number of carbonyl (C=O) groups is 1. The number of carbonyl (C=O) groups excluding carboxylic acids is 1. The predicted molar refractivity (Wildman–Crippen MR) is 80.1 cm³/mol. The number of anilines is 1. The average Bonchev–Trinajstić information content (AvgIpc) is 2.91. The minimum absolute atomic E-state index is 0.00533. The van der Waals surface area contributed by atoms with E-state index in [1.54, 1.807) is 6.08 Å². The highest BCUT2D eigenvalue weighted by Gasteiger charge is 2.08. The molecule has 1 amide bonds. The van der Waals surface area contributed by atoms with Crippen molar-refractivity contribution in [3.05, 3.63) is 47.8 Å². The Hall–Kier alpha value is -2.48. The quantitative estimate of drug-likeness (QED) is 0.581. The molecule has 0 unspecified atom stereocenters. The van der Waals surface area contributed by atoms with Crippen LogP contribution in [0.3, 0.4) is 0 Å². The minimum Gasteiger partial charge on any atom is -0.366 e. The molecule has 1 aromatic heterocycles. The molecule has 0 fully saturated rings. The molecule has 0 aliphatic rings. The van der Waals surface area contributed by atoms with E-state index in [0.717, 1.165) is 10.0 Å². The molecule has 0 saturated heterocycles. The molecule has 4 N–H and O–H groups in total. The van der Waals surface area contributed by atoms with Crippen molar-refractivity contribution in [1.29, 1.82) is 0 Å². The van der Waals surface area contributed by atoms with E-state index in [4.69, 9.17) is 5.73 Å². The van der Waals surface area contributed by atoms with Gasteiger partial charge in [0.25, 0.3) is 0 Å². The van der Waals surface area contributed by atoms with Crippen LogP contribution in [0.2, 0.25) is 0 Å². The van der Waals surface area contributed by atoms with Crippen LogP contribution in [0.25, 0.3) is 4.48 Å². The first-order valence-corrected chi connectivity index (χ1v) is 6.38. The maximum Gasteiger partial charge on any atom is 0.308 e. The number of halogens is 1. The van der Waals surface area contributed by atoms with Crippen molar-refractivity contribution in [2.45, 2.75) is 0 Å². The van der Waals surface area contributed by atoms with Crippen LogP contribution >= 0.6 is 15.9 Å². The third-order valence-electron chi connectivity index (χ3n) is 2.23. The van der Waals surface area contributed by atoms with Gasteiger partial charge in [0.2, 0.25) is 11.8 Å². The number of nitrogens with two attached hydrogens (primary N) is 1. The normalized spacial score (nSPS) is 11.8. The second-order valence-corrected chi connectivity index (χ2v) is 4.50. The van der Waals surface area contributed by atoms with Crippen molar-refractivity contribution in [1.82, 2.24) is 20.6 Å². The Kier molecular flexibility index (Phi) is 4.61. The summed E-state index contributed by atoms with van der Waals surface area (Å²) < 4.78 is 0.847. The Morgan fingerprint density at radius 3 is 2.80 bits per heavy atom. The van der Waals surface area contributed by atoms with Gasteiger partial charge >= 0.3 is 5.91 Å². The molecule has 0 radical (unpaired) electrons. The molecule has 0 saturated carbocycles. The molecule has 1 aromatic carbocycles. The van der Waals surface area contributed by atoms with E-state index in [2.05, 4.69) is 41.6 Å². The van der Waals surface area contributed by atoms with Crippen LogP contribution in [0.5, 0.6) is 0 Å². The van der Waals surface area contributed by atoms with E-state index in [-0.39, 0.29) is 11.8 Å². The molecule has 7 nitrogen and oxygen atoms in total. The number of benzene rings is 1. The fourth-order valence-electron chi connectivity index (χ4n) is 1.32. The summed E-state index contributed by atoms with van der Waals surface area (Å²) in [5, 5.41) is 9.69. The van der Waals surface area contributed by atoms with E-state index in [9.17, 15) is 4.79 Å². The lowest BCUT2D eigenvalue weighted by Gasteiger charge is -1.96. The van der Waals surface area contributed by atoms with E-state index < -0.39 is 5.91 Å². The number of allylic oxidation sites excluding steroid dienone is 1. The van der Waals surface area contributed by atoms with Crippen LogP contribution in [0.1, 0.15) is 16.2 Å². The van der Waals surface area contributed by atoms with E-state index in [0.29, 0.717) is 0 Å². The van der Waals surface area contributed by atoms with Crippen LogP contribution in [-0.2, 0) is 0 Å². The number of nitrogens with one attached hydrogen (secondary N) is 2. The fourth-order valence-corrected chi connectivity index (χ4v) is 1.70. The summed E-state index contributed by atoms with van der Waals surface area (Å²) in [5.41, 5.74) is 8.59. The Labute approximate surface area is 123 Å². The number of nitrogens with zero attached hydrogens (tertiary/aromatic N) is 3. The highest BCUT2D eigenvalue weighted by molar-refractivity contribution is 9.15. The molecule has 0 aliphatic heterocycles. The first-order chi connectivity index (χ1) is 9.66. The number of hydrogen-bond donors (Lipinski definition) is 3. The van der Waals surface area contributed by atoms with E-state index in [1.807, 2.05) is 30.3 Å². The average molecular weight is 335 g/mol. The maximum atomic E-state index is 11.5. The smallest absolute Gasteiger partial charge is 0.308 e. The Bertz CT molecular complexity index is 649. The lowest BCUT2D eigenvalue weighted by molar-refractivity contribution is 0.0945. The second kappa shape index (κ2) is 6.62. The van der Waals surface area contributed by atoms with Crippen LogP contribution in [-0.4, -0.2) is 27.3 Å². The number of H-pyrrole nitrogens is 1. The molecule has 1 heterocycles. The summed E-state index contributed by atoms with van der Waals surface area (Å²) in [6.07, 6.45) is 3.17. The van der Waals surface area contributed by atoms with Gasteiger partial charge in [-0.1, -0.05) is 46.3 Å². The highest BCUT2D eigenvalue weighted by atomic mass is 79.9. The third-order valence-corrected chi connectivity index (χ3v) is 2.95. The lowest BCUT2D eigenvalue weighted by Crippen LogP contribution is -2.18. The number of hydrazone groups is 1. The van der Waals surface area contributed by atoms with Crippen LogP contribution in [0, 0.1) is 0 Å². The lowest BCUT2D eigenvalue weighted by atomic mass is 10.2. The molecule has 0 spiro atoms. The first kappa shape index (κ1) is 13.9. The molecule has 0 aliphatic carbocycles. The number of aromatic nitrogens is 3. The van der Waals surface area contributed by atoms with Crippen LogP contribution < -0.4 is 11.2 Å². The predicted octanol–water partition coefficient (Wildman–Crippen LogP) is 1.54. The van der Waals surface area contributed by atoms with Gasteiger partial charge in [-0.15, -0.1) is 5.10 Å². The van der Waals surface area contributed by atoms with Gasteiger partial charge in [0.05, 0.1) is 0 Å². The van der Waals surface area contributed by atoms with Crippen LogP contribution in [0.4, 0.5) is 5.95 Å². The standard InChI is InChI=1S/C12H11BrN6O/c13-9(8-4-2-1-3-5-8)6-7-15-18-11(20)10-16-12(14)19-17-10/h1-7H,(H,18,20)(H3,14,16,17,19)/b9-6-,15-7+. The summed E-state index contributed by atoms with van der Waals surface area (Å²) in [7, 11) is 0. The van der Waals surface area contributed by atoms with Gasteiger partial charge in [-0.25, -0.2) is 5.43 Å². The number of amides is 1. The largest absolute Gasteiger partial charge is 0.366 e. The highest BCUT2D eigenvalue weighted by Crippen LogP contribution is 2.19. The van der Waals surface area contributed by atoms with Crippen molar-refractivity contribution in [2.75, 3.05) is 5.73 Å². The Morgan fingerprint density at radius 1 is 1.40 bits per heavy atom. The summed E-state index contributed by atoms with van der Waals surface area (Å²) >= 11 is 3.41. The molecule has 102 valence electrons. The van der Waals surface area contributed by atoms with Crippen molar-refractivity contribution >= 4 is 38.5 Å². The molecule has 2 rings (SSSR count). The number of rotatable bonds is 4. The van der Waals surface area contributed by atoms with Crippen molar-refractivity contribution in [3.63, 3.8) is 0 Å². The number of hydrogen-bond acceptors (Lipinski definition) is 5. The Balaban J connectivity index is 1.92. The number of nitrogen functional groups attached to an aromatic ring is 1. The van der Waals surface area contributed by atoms with Crippen molar-refractivity contribution in [3.8, 4) is 0 Å². The number of aromatic amines is 1. The molecular formula is C12H11BrN6O. The van der Waals surface area contributed by atoms with E-state index >= 15 is 0 Å². The Morgan fingerprint density at radius 2 is 2.15 bits per heavy atom. The monoisotopic (exact) mass is 334 g/mol.